The van der Waals surface area contributed by atoms with Crippen LogP contribution in [0, 0.1) is 0 Å². The first-order chi connectivity index (χ1) is 13.1. The van der Waals surface area contributed by atoms with Crippen molar-refractivity contribution in [1.29, 1.82) is 0 Å². The molecule has 0 spiro atoms. The molecule has 1 saturated heterocycles. The minimum absolute atomic E-state index is 0.0457. The molecule has 0 radical (unpaired) electrons. The summed E-state index contributed by atoms with van der Waals surface area (Å²) >= 11 is 0.866. The Labute approximate surface area is 159 Å². The lowest BCUT2D eigenvalue weighted by atomic mass is 10.1. The third kappa shape index (κ3) is 4.48. The van der Waals surface area contributed by atoms with Gasteiger partial charge in [0.25, 0.3) is 11.1 Å². The number of carbonyl (C=O) groups excluding carboxylic acids is 2. The van der Waals surface area contributed by atoms with E-state index in [1.807, 2.05) is 12.1 Å². The number of benzene rings is 2. The van der Waals surface area contributed by atoms with Crippen LogP contribution in [-0.2, 0) is 4.79 Å². The van der Waals surface area contributed by atoms with Crippen molar-refractivity contribution in [3.63, 3.8) is 0 Å². The summed E-state index contributed by atoms with van der Waals surface area (Å²) in [4.78, 5) is 23.1. The molecule has 2 amide bonds. The van der Waals surface area contributed by atoms with Crippen LogP contribution < -0.4 is 14.8 Å². The van der Waals surface area contributed by atoms with Crippen molar-refractivity contribution in [3.8, 4) is 11.5 Å². The number of hydrogen-bond acceptors (Lipinski definition) is 7. The third-order valence-corrected chi connectivity index (χ3v) is 4.54. The normalized spacial score (nSPS) is 15.7. The van der Waals surface area contributed by atoms with Crippen molar-refractivity contribution in [3.05, 3.63) is 64.6 Å². The van der Waals surface area contributed by atoms with Crippen LogP contribution in [0.4, 0.5) is 4.79 Å². The van der Waals surface area contributed by atoms with Crippen molar-refractivity contribution in [2.24, 2.45) is 5.16 Å². The second-order valence-electron chi connectivity index (χ2n) is 5.46. The summed E-state index contributed by atoms with van der Waals surface area (Å²) in [6, 6.07) is 14.2. The fraction of sp³-hybridized carbons (Fsp3) is 0.105. The average Bonchev–Trinajstić information content (AvgIpc) is 3.00. The van der Waals surface area contributed by atoms with E-state index in [1.54, 1.807) is 49.6 Å². The minimum atomic E-state index is -0.397. The molecule has 1 aliphatic heterocycles. The minimum Gasteiger partial charge on any atom is -0.496 e. The standard InChI is InChI=1S/C19H16N2O5S/c1-25-16-5-3-2-4-14(16)15(21-24)11-26-13-8-6-12(7-9-13)10-17-18(22)20-19(23)27-17/h2-10,24H,11H2,1H3,(H,20,22,23)/b17-10-,21-15+. The predicted octanol–water partition coefficient (Wildman–Crippen LogP) is 3.28. The van der Waals surface area contributed by atoms with Gasteiger partial charge in [0.15, 0.2) is 0 Å². The summed E-state index contributed by atoms with van der Waals surface area (Å²) in [5.41, 5.74) is 1.73. The molecule has 2 N–H and O–H groups in total. The van der Waals surface area contributed by atoms with Gasteiger partial charge in [-0.15, -0.1) is 0 Å². The van der Waals surface area contributed by atoms with E-state index in [9.17, 15) is 14.8 Å². The highest BCUT2D eigenvalue weighted by Crippen LogP contribution is 2.26. The van der Waals surface area contributed by atoms with Crippen LogP contribution >= 0.6 is 11.8 Å². The maximum absolute atomic E-state index is 11.6. The van der Waals surface area contributed by atoms with Gasteiger partial charge in [-0.25, -0.2) is 0 Å². The maximum Gasteiger partial charge on any atom is 0.290 e. The van der Waals surface area contributed by atoms with Crippen molar-refractivity contribution in [2.45, 2.75) is 0 Å². The number of nitrogens with zero attached hydrogens (tertiary/aromatic N) is 1. The zero-order chi connectivity index (χ0) is 19.2. The Kier molecular flexibility index (Phi) is 5.77. The lowest BCUT2D eigenvalue weighted by Gasteiger charge is -2.11. The molecule has 27 heavy (non-hydrogen) atoms. The number of carbonyl (C=O) groups is 2. The summed E-state index contributed by atoms with van der Waals surface area (Å²) in [5, 5.41) is 14.4. The van der Waals surface area contributed by atoms with E-state index in [2.05, 4.69) is 10.5 Å². The number of nitrogens with one attached hydrogen (secondary N) is 1. The molecule has 0 saturated carbocycles. The Morgan fingerprint density at radius 2 is 1.93 bits per heavy atom. The second kappa shape index (κ2) is 8.41. The fourth-order valence-electron chi connectivity index (χ4n) is 2.43. The van der Waals surface area contributed by atoms with Crippen LogP contribution in [0.3, 0.4) is 0 Å². The number of oxime groups is 1. The number of thioether (sulfide) groups is 1. The molecule has 2 aromatic rings. The first-order valence-electron chi connectivity index (χ1n) is 7.92. The molecule has 138 valence electrons. The van der Waals surface area contributed by atoms with Gasteiger partial charge >= 0.3 is 0 Å². The Hall–Kier alpha value is -3.26. The molecule has 3 rings (SSSR count). The quantitative estimate of drug-likeness (QED) is 0.343. The zero-order valence-electron chi connectivity index (χ0n) is 14.3. The van der Waals surface area contributed by atoms with Gasteiger partial charge in [0.1, 0.15) is 23.8 Å². The summed E-state index contributed by atoms with van der Waals surface area (Å²) in [6.45, 7) is 0.0457. The number of hydrogen-bond donors (Lipinski definition) is 2. The summed E-state index contributed by atoms with van der Waals surface area (Å²) in [7, 11) is 1.54. The second-order valence-corrected chi connectivity index (χ2v) is 6.47. The largest absolute Gasteiger partial charge is 0.496 e. The predicted molar refractivity (Wildman–Crippen MR) is 102 cm³/mol. The number of rotatable bonds is 6. The van der Waals surface area contributed by atoms with Gasteiger partial charge in [0.05, 0.1) is 12.0 Å². The molecule has 1 heterocycles. The van der Waals surface area contributed by atoms with Crippen molar-refractivity contribution in [1.82, 2.24) is 5.32 Å². The molecule has 2 aromatic carbocycles. The van der Waals surface area contributed by atoms with E-state index in [-0.39, 0.29) is 11.8 Å². The number of para-hydroxylation sites is 1. The van der Waals surface area contributed by atoms with E-state index < -0.39 is 5.91 Å². The van der Waals surface area contributed by atoms with Crippen LogP contribution in [0.2, 0.25) is 0 Å². The van der Waals surface area contributed by atoms with E-state index in [1.165, 1.54) is 0 Å². The molecule has 1 fully saturated rings. The number of methoxy groups -OCH3 is 1. The smallest absolute Gasteiger partial charge is 0.290 e. The number of imide groups is 1. The molecule has 7 nitrogen and oxygen atoms in total. The van der Waals surface area contributed by atoms with Crippen LogP contribution in [0.15, 0.2) is 58.6 Å². The molecule has 0 atom stereocenters. The Balaban J connectivity index is 1.67. The summed E-state index contributed by atoms with van der Waals surface area (Å²) < 4.78 is 10.9. The lowest BCUT2D eigenvalue weighted by molar-refractivity contribution is -0.115. The van der Waals surface area contributed by atoms with Crippen LogP contribution in [0.5, 0.6) is 11.5 Å². The molecule has 0 aromatic heterocycles. The van der Waals surface area contributed by atoms with Gasteiger partial charge < -0.3 is 14.7 Å². The lowest BCUT2D eigenvalue weighted by Crippen LogP contribution is -2.17. The summed E-state index contributed by atoms with van der Waals surface area (Å²) in [6.07, 6.45) is 1.63. The SMILES string of the molecule is COc1ccccc1/C(COc1ccc(/C=C2\SC(=O)NC2=O)cc1)=N/O. The molecule has 0 aliphatic carbocycles. The van der Waals surface area contributed by atoms with Gasteiger partial charge in [-0.3, -0.25) is 14.9 Å². The summed E-state index contributed by atoms with van der Waals surface area (Å²) in [5.74, 6) is 0.747. The highest BCUT2D eigenvalue weighted by Gasteiger charge is 2.24. The fourth-order valence-corrected chi connectivity index (χ4v) is 3.11. The van der Waals surface area contributed by atoms with Crippen LogP contribution in [0.1, 0.15) is 11.1 Å². The Morgan fingerprint density at radius 1 is 1.19 bits per heavy atom. The van der Waals surface area contributed by atoms with Gasteiger partial charge in [-0.05, 0) is 47.7 Å². The number of amides is 2. The van der Waals surface area contributed by atoms with Gasteiger partial charge in [-0.2, -0.15) is 0 Å². The van der Waals surface area contributed by atoms with E-state index >= 15 is 0 Å². The van der Waals surface area contributed by atoms with Crippen molar-refractivity contribution >= 4 is 34.7 Å². The molecular weight excluding hydrogens is 368 g/mol. The topological polar surface area (TPSA) is 97.2 Å². The van der Waals surface area contributed by atoms with Crippen LogP contribution in [0.25, 0.3) is 6.08 Å². The maximum atomic E-state index is 11.6. The van der Waals surface area contributed by atoms with Crippen molar-refractivity contribution < 1.29 is 24.3 Å². The Bertz CT molecular complexity index is 922. The van der Waals surface area contributed by atoms with Crippen LogP contribution in [-0.4, -0.2) is 35.8 Å². The molecule has 0 unspecified atom stereocenters. The molecule has 8 heteroatoms. The first kappa shape index (κ1) is 18.5. The molecule has 0 bridgehead atoms. The highest BCUT2D eigenvalue weighted by atomic mass is 32.2. The molecular formula is C19H16N2O5S. The average molecular weight is 384 g/mol. The zero-order valence-corrected chi connectivity index (χ0v) is 15.2. The molecule has 1 aliphatic rings. The van der Waals surface area contributed by atoms with E-state index in [4.69, 9.17) is 9.47 Å². The van der Waals surface area contributed by atoms with E-state index in [0.29, 0.717) is 27.7 Å². The third-order valence-electron chi connectivity index (χ3n) is 3.73. The van der Waals surface area contributed by atoms with Gasteiger partial charge in [0, 0.05) is 5.56 Å². The number of ether oxygens (including phenoxy) is 2. The van der Waals surface area contributed by atoms with E-state index in [0.717, 1.165) is 17.3 Å². The van der Waals surface area contributed by atoms with Gasteiger partial charge in [-0.1, -0.05) is 29.4 Å². The van der Waals surface area contributed by atoms with Gasteiger partial charge in [0.2, 0.25) is 0 Å². The first-order valence-corrected chi connectivity index (χ1v) is 8.74. The Morgan fingerprint density at radius 3 is 2.56 bits per heavy atom. The van der Waals surface area contributed by atoms with Crippen molar-refractivity contribution in [2.75, 3.05) is 13.7 Å². The monoisotopic (exact) mass is 384 g/mol. The highest BCUT2D eigenvalue weighted by molar-refractivity contribution is 8.18.